The summed E-state index contributed by atoms with van der Waals surface area (Å²) < 4.78 is 0. The maximum Gasteiger partial charge on any atom is 0.219 e. The Bertz CT molecular complexity index is 192. The average Bonchev–Trinajstić information content (AvgIpc) is 2.11. The Morgan fingerprint density at radius 2 is 1.80 bits per heavy atom. The van der Waals surface area contributed by atoms with Crippen LogP contribution in [0.2, 0.25) is 25.2 Å². The van der Waals surface area contributed by atoms with Gasteiger partial charge in [0.25, 0.3) is 0 Å². The summed E-state index contributed by atoms with van der Waals surface area (Å²) in [5.41, 5.74) is 0. The molecular weight excluding hydrogens is 202 g/mol. The van der Waals surface area contributed by atoms with Crippen molar-refractivity contribution in [2.24, 2.45) is 0 Å². The van der Waals surface area contributed by atoms with Crippen molar-refractivity contribution in [1.29, 1.82) is 0 Å². The van der Waals surface area contributed by atoms with Gasteiger partial charge in [-0.2, -0.15) is 0 Å². The molecule has 0 heterocycles. The lowest BCUT2D eigenvalue weighted by molar-refractivity contribution is -0.128. The third-order valence-corrected chi connectivity index (χ3v) is 6.60. The molecule has 0 atom stereocenters. The van der Waals surface area contributed by atoms with E-state index in [1.807, 2.05) is 4.90 Å². The van der Waals surface area contributed by atoms with Crippen LogP contribution in [0.5, 0.6) is 0 Å². The van der Waals surface area contributed by atoms with E-state index in [4.69, 9.17) is 0 Å². The maximum absolute atomic E-state index is 11.2. The minimum atomic E-state index is -0.956. The summed E-state index contributed by atoms with van der Waals surface area (Å²) in [4.78, 5) is 13.1. The van der Waals surface area contributed by atoms with Crippen LogP contribution in [0, 0.1) is 0 Å². The summed E-state index contributed by atoms with van der Waals surface area (Å²) in [5.74, 6) is 0.215. The first-order valence-corrected chi connectivity index (χ1v) is 9.60. The van der Waals surface area contributed by atoms with E-state index in [0.717, 1.165) is 13.1 Å². The zero-order chi connectivity index (χ0) is 11.9. The molecule has 0 aliphatic rings. The second kappa shape index (κ2) is 7.04. The van der Waals surface area contributed by atoms with Gasteiger partial charge >= 0.3 is 0 Å². The summed E-state index contributed by atoms with van der Waals surface area (Å²) in [6.07, 6.45) is 2.50. The number of hydrogen-bond donors (Lipinski definition) is 0. The molecule has 0 aliphatic heterocycles. The highest BCUT2D eigenvalue weighted by Gasteiger charge is 2.19. The summed E-state index contributed by atoms with van der Waals surface area (Å²) in [5, 5.41) is 0. The van der Waals surface area contributed by atoms with Crippen LogP contribution in [0.1, 0.15) is 33.6 Å². The molecule has 0 spiro atoms. The first kappa shape index (κ1) is 14.7. The largest absolute Gasteiger partial charge is 0.343 e. The number of hydrogen-bond acceptors (Lipinski definition) is 1. The van der Waals surface area contributed by atoms with Gasteiger partial charge in [-0.05, 0) is 13.3 Å². The van der Waals surface area contributed by atoms with E-state index in [2.05, 4.69) is 26.9 Å². The number of amides is 1. The smallest absolute Gasteiger partial charge is 0.219 e. The van der Waals surface area contributed by atoms with E-state index in [1.54, 1.807) is 6.92 Å². The van der Waals surface area contributed by atoms with Crippen molar-refractivity contribution in [3.05, 3.63) is 0 Å². The molecule has 90 valence electrons. The number of carbonyl (C=O) groups is 1. The van der Waals surface area contributed by atoms with Crippen LogP contribution >= 0.6 is 0 Å². The number of carbonyl (C=O) groups excluding carboxylic acids is 1. The molecule has 15 heavy (non-hydrogen) atoms. The molecule has 0 unspecified atom stereocenters. The molecule has 0 N–H and O–H groups in total. The highest BCUT2D eigenvalue weighted by Crippen LogP contribution is 2.19. The van der Waals surface area contributed by atoms with E-state index in [0.29, 0.717) is 0 Å². The van der Waals surface area contributed by atoms with Crippen molar-refractivity contribution in [2.75, 3.05) is 13.1 Å². The van der Waals surface area contributed by atoms with Gasteiger partial charge in [0.1, 0.15) is 0 Å². The fourth-order valence-corrected chi connectivity index (χ4v) is 4.81. The molecule has 0 bridgehead atoms. The molecule has 0 aromatic rings. The highest BCUT2D eigenvalue weighted by molar-refractivity contribution is 6.77. The lowest BCUT2D eigenvalue weighted by Crippen LogP contribution is -2.32. The molecular formula is C12H27NOSi. The van der Waals surface area contributed by atoms with Crippen molar-refractivity contribution in [1.82, 2.24) is 4.90 Å². The Morgan fingerprint density at radius 1 is 1.20 bits per heavy atom. The third kappa shape index (κ3) is 6.71. The lowest BCUT2D eigenvalue weighted by Gasteiger charge is -2.24. The Morgan fingerprint density at radius 3 is 2.20 bits per heavy atom. The van der Waals surface area contributed by atoms with Gasteiger partial charge in [-0.25, -0.2) is 0 Å². The molecule has 0 radical (unpaired) electrons. The van der Waals surface area contributed by atoms with Crippen LogP contribution in [0.15, 0.2) is 0 Å². The number of rotatable bonds is 7. The molecule has 0 saturated carbocycles. The first-order chi connectivity index (χ1) is 6.93. The SMILES string of the molecule is CCC[Si](C)(C)CCCN(CC)C(C)=O. The van der Waals surface area contributed by atoms with Crippen molar-refractivity contribution in [2.45, 2.75) is 58.8 Å². The first-order valence-electron chi connectivity index (χ1n) is 6.18. The molecule has 0 rings (SSSR count). The normalized spacial score (nSPS) is 11.5. The number of nitrogens with zero attached hydrogens (tertiary/aromatic N) is 1. The standard InChI is InChI=1S/C12H27NOSi/c1-6-10-15(4,5)11-8-9-13(7-2)12(3)14/h6-11H2,1-5H3. The average molecular weight is 229 g/mol. The van der Waals surface area contributed by atoms with Gasteiger partial charge in [0.2, 0.25) is 5.91 Å². The predicted octanol–water partition coefficient (Wildman–Crippen LogP) is 3.36. The predicted molar refractivity (Wildman–Crippen MR) is 69.9 cm³/mol. The van der Waals surface area contributed by atoms with Gasteiger partial charge < -0.3 is 4.90 Å². The third-order valence-electron chi connectivity index (χ3n) is 3.04. The maximum atomic E-state index is 11.2. The van der Waals surface area contributed by atoms with Crippen LogP contribution in [0.4, 0.5) is 0 Å². The fraction of sp³-hybridized carbons (Fsp3) is 0.917. The van der Waals surface area contributed by atoms with E-state index >= 15 is 0 Å². The van der Waals surface area contributed by atoms with Gasteiger partial charge in [0.15, 0.2) is 0 Å². The molecule has 1 amide bonds. The van der Waals surface area contributed by atoms with Crippen LogP contribution in [0.25, 0.3) is 0 Å². The van der Waals surface area contributed by atoms with Crippen molar-refractivity contribution >= 4 is 14.0 Å². The summed E-state index contributed by atoms with van der Waals surface area (Å²) in [6, 6.07) is 2.77. The Balaban J connectivity index is 3.81. The van der Waals surface area contributed by atoms with E-state index in [1.165, 1.54) is 24.9 Å². The molecule has 0 aromatic heterocycles. The Kier molecular flexibility index (Phi) is 6.90. The van der Waals surface area contributed by atoms with Crippen LogP contribution in [0.3, 0.4) is 0 Å². The molecule has 0 aliphatic carbocycles. The zero-order valence-electron chi connectivity index (χ0n) is 11.1. The van der Waals surface area contributed by atoms with E-state index in [9.17, 15) is 4.79 Å². The Hall–Kier alpha value is -0.313. The molecule has 0 aromatic carbocycles. The van der Waals surface area contributed by atoms with Crippen LogP contribution < -0.4 is 0 Å². The van der Waals surface area contributed by atoms with Gasteiger partial charge in [-0.1, -0.05) is 38.5 Å². The van der Waals surface area contributed by atoms with Gasteiger partial charge in [-0.3, -0.25) is 4.79 Å². The second-order valence-electron chi connectivity index (χ2n) is 5.12. The summed E-state index contributed by atoms with van der Waals surface area (Å²) in [6.45, 7) is 12.7. The topological polar surface area (TPSA) is 20.3 Å². The Labute approximate surface area is 96.1 Å². The fourth-order valence-electron chi connectivity index (χ4n) is 2.09. The minimum absolute atomic E-state index is 0.215. The summed E-state index contributed by atoms with van der Waals surface area (Å²) >= 11 is 0. The van der Waals surface area contributed by atoms with Crippen molar-refractivity contribution in [3.8, 4) is 0 Å². The summed E-state index contributed by atoms with van der Waals surface area (Å²) in [7, 11) is -0.956. The van der Waals surface area contributed by atoms with Crippen LogP contribution in [-0.4, -0.2) is 32.0 Å². The van der Waals surface area contributed by atoms with E-state index < -0.39 is 8.07 Å². The zero-order valence-corrected chi connectivity index (χ0v) is 12.1. The second-order valence-corrected chi connectivity index (χ2v) is 10.4. The molecule has 3 heteroatoms. The van der Waals surface area contributed by atoms with E-state index in [-0.39, 0.29) is 5.91 Å². The van der Waals surface area contributed by atoms with Crippen molar-refractivity contribution in [3.63, 3.8) is 0 Å². The molecule has 2 nitrogen and oxygen atoms in total. The molecule has 0 saturated heterocycles. The lowest BCUT2D eigenvalue weighted by atomic mass is 10.4. The minimum Gasteiger partial charge on any atom is -0.343 e. The van der Waals surface area contributed by atoms with Crippen LogP contribution in [-0.2, 0) is 4.79 Å². The quantitative estimate of drug-likeness (QED) is 0.613. The van der Waals surface area contributed by atoms with Crippen molar-refractivity contribution < 1.29 is 4.79 Å². The van der Waals surface area contributed by atoms with Gasteiger partial charge in [-0.15, -0.1) is 0 Å². The highest BCUT2D eigenvalue weighted by atomic mass is 28.3. The molecule has 0 fully saturated rings. The monoisotopic (exact) mass is 229 g/mol. The van der Waals surface area contributed by atoms with Gasteiger partial charge in [0.05, 0.1) is 0 Å². The van der Waals surface area contributed by atoms with Gasteiger partial charge in [0, 0.05) is 28.1 Å².